The third kappa shape index (κ3) is 6.82. The van der Waals surface area contributed by atoms with Crippen molar-refractivity contribution in [2.45, 2.75) is 52.8 Å². The molecule has 1 heterocycles. The zero-order valence-corrected chi connectivity index (χ0v) is 22.1. The second kappa shape index (κ2) is 11.5. The molecule has 0 bridgehead atoms. The summed E-state index contributed by atoms with van der Waals surface area (Å²) in [4.78, 5) is 19.8. The summed E-state index contributed by atoms with van der Waals surface area (Å²) in [5.74, 6) is 0.691. The number of nitrogens with two attached hydrogens (primary N) is 1. The maximum Gasteiger partial charge on any atom is 0.251 e. The molecule has 3 rings (SSSR count). The first-order chi connectivity index (χ1) is 16.5. The van der Waals surface area contributed by atoms with Crippen LogP contribution in [0.4, 0.5) is 0 Å². The van der Waals surface area contributed by atoms with E-state index in [0.717, 1.165) is 5.56 Å². The quantitative estimate of drug-likeness (QED) is 0.418. The molecule has 0 fully saturated rings. The molecule has 3 N–H and O–H groups in total. The first-order valence-corrected chi connectivity index (χ1v) is 12.4. The number of amides is 1. The van der Waals surface area contributed by atoms with Crippen LogP contribution in [0.2, 0.25) is 10.0 Å². The molecule has 9 heteroatoms. The van der Waals surface area contributed by atoms with Gasteiger partial charge in [-0.1, -0.05) is 74.3 Å². The fraction of sp³-hybridized carbons (Fsp3) is 0.423. The van der Waals surface area contributed by atoms with E-state index in [1.807, 2.05) is 55.8 Å². The number of rotatable bonds is 9. The second-order valence-electron chi connectivity index (χ2n) is 9.71. The van der Waals surface area contributed by atoms with Crippen LogP contribution in [0.1, 0.15) is 51.5 Å². The van der Waals surface area contributed by atoms with Crippen molar-refractivity contribution >= 4 is 29.1 Å². The number of hydrogen-bond acceptors (Lipinski definition) is 5. The Hall–Kier alpha value is -2.45. The van der Waals surface area contributed by atoms with Crippen LogP contribution in [-0.2, 0) is 11.3 Å². The minimum Gasteiger partial charge on any atom is -0.384 e. The average Bonchev–Trinajstić information content (AvgIpc) is 3.18. The molecule has 0 unspecified atom stereocenters. The number of halogens is 2. The van der Waals surface area contributed by atoms with Gasteiger partial charge in [-0.2, -0.15) is 5.10 Å². The van der Waals surface area contributed by atoms with E-state index >= 15 is 0 Å². The Labute approximate surface area is 216 Å². The second-order valence-corrected chi connectivity index (χ2v) is 10.6. The lowest BCUT2D eigenvalue weighted by molar-refractivity contribution is -0.145. The number of aromatic nitrogens is 3. The fourth-order valence-electron chi connectivity index (χ4n) is 4.10. The molecule has 3 aromatic rings. The molecule has 7 nitrogen and oxygen atoms in total. The standard InChI is InChI=1S/C26H33Cl2N5O2/c1-17(34)25(35)32(12-8-11-29)22(26(2,3)4)24-30-23(19-13-20(27)15-21(28)14-19)31-33(24)16-18-9-6-5-7-10-18/h5-7,9-10,13-15,17,22,34H,8,11-12,16,29H2,1-4H3/t17-,22-/m0/s1. The van der Waals surface area contributed by atoms with Crippen LogP contribution in [-0.4, -0.2) is 49.9 Å². The number of aliphatic hydroxyl groups is 1. The molecule has 0 radical (unpaired) electrons. The number of benzene rings is 2. The van der Waals surface area contributed by atoms with Crippen LogP contribution < -0.4 is 5.73 Å². The van der Waals surface area contributed by atoms with Crippen molar-refractivity contribution in [3.63, 3.8) is 0 Å². The van der Waals surface area contributed by atoms with E-state index in [4.69, 9.17) is 39.0 Å². The van der Waals surface area contributed by atoms with E-state index in [2.05, 4.69) is 0 Å². The molecule has 0 aliphatic carbocycles. The molecule has 0 aliphatic rings. The van der Waals surface area contributed by atoms with Crippen molar-refractivity contribution < 1.29 is 9.90 Å². The van der Waals surface area contributed by atoms with Crippen LogP contribution in [0, 0.1) is 5.41 Å². The van der Waals surface area contributed by atoms with Crippen molar-refractivity contribution in [1.29, 1.82) is 0 Å². The predicted molar refractivity (Wildman–Crippen MR) is 140 cm³/mol. The lowest BCUT2D eigenvalue weighted by Crippen LogP contribution is -2.47. The Morgan fingerprint density at radius 3 is 2.31 bits per heavy atom. The molecule has 188 valence electrons. The van der Waals surface area contributed by atoms with Gasteiger partial charge in [0, 0.05) is 22.2 Å². The third-order valence-electron chi connectivity index (χ3n) is 5.62. The highest BCUT2D eigenvalue weighted by molar-refractivity contribution is 6.35. The lowest BCUT2D eigenvalue weighted by Gasteiger charge is -2.40. The molecule has 0 saturated carbocycles. The van der Waals surface area contributed by atoms with Crippen molar-refractivity contribution in [3.05, 3.63) is 70.0 Å². The summed E-state index contributed by atoms with van der Waals surface area (Å²) in [5.41, 5.74) is 7.07. The maximum absolute atomic E-state index is 13.2. The van der Waals surface area contributed by atoms with Gasteiger partial charge in [0.15, 0.2) is 11.6 Å². The predicted octanol–water partition coefficient (Wildman–Crippen LogP) is 4.95. The van der Waals surface area contributed by atoms with Crippen LogP contribution in [0.3, 0.4) is 0 Å². The van der Waals surface area contributed by atoms with E-state index in [9.17, 15) is 9.90 Å². The molecule has 0 spiro atoms. The van der Waals surface area contributed by atoms with E-state index in [1.54, 1.807) is 23.1 Å². The van der Waals surface area contributed by atoms with Crippen LogP contribution in [0.5, 0.6) is 0 Å². The van der Waals surface area contributed by atoms with Gasteiger partial charge < -0.3 is 15.7 Å². The summed E-state index contributed by atoms with van der Waals surface area (Å²) < 4.78 is 1.82. The molecule has 35 heavy (non-hydrogen) atoms. The molecule has 0 saturated heterocycles. The summed E-state index contributed by atoms with van der Waals surface area (Å²) in [5, 5.41) is 16.0. The average molecular weight is 518 g/mol. The number of hydrogen-bond donors (Lipinski definition) is 2. The highest BCUT2D eigenvalue weighted by atomic mass is 35.5. The topological polar surface area (TPSA) is 97.3 Å². The van der Waals surface area contributed by atoms with Gasteiger partial charge in [-0.15, -0.1) is 0 Å². The summed E-state index contributed by atoms with van der Waals surface area (Å²) in [7, 11) is 0. The minimum absolute atomic E-state index is 0.375. The molecular weight excluding hydrogens is 485 g/mol. The summed E-state index contributed by atoms with van der Waals surface area (Å²) in [6, 6.07) is 14.6. The summed E-state index contributed by atoms with van der Waals surface area (Å²) >= 11 is 12.5. The molecule has 2 atom stereocenters. The molecule has 0 aliphatic heterocycles. The Balaban J connectivity index is 2.21. The van der Waals surface area contributed by atoms with Gasteiger partial charge in [-0.3, -0.25) is 4.79 Å². The molecule has 1 aromatic heterocycles. The summed E-state index contributed by atoms with van der Waals surface area (Å²) in [6.07, 6.45) is -0.566. The van der Waals surface area contributed by atoms with Gasteiger partial charge in [0.25, 0.3) is 5.91 Å². The largest absolute Gasteiger partial charge is 0.384 e. The van der Waals surface area contributed by atoms with E-state index in [-0.39, 0.29) is 5.91 Å². The molecular formula is C26H33Cl2N5O2. The molecule has 1 amide bonds. The van der Waals surface area contributed by atoms with Crippen molar-refractivity contribution in [2.24, 2.45) is 11.1 Å². The van der Waals surface area contributed by atoms with Crippen molar-refractivity contribution in [1.82, 2.24) is 19.7 Å². The monoisotopic (exact) mass is 517 g/mol. The van der Waals surface area contributed by atoms with E-state index in [1.165, 1.54) is 6.92 Å². The lowest BCUT2D eigenvalue weighted by atomic mass is 9.84. The molecule has 2 aromatic carbocycles. The smallest absolute Gasteiger partial charge is 0.251 e. The Morgan fingerprint density at radius 1 is 1.14 bits per heavy atom. The maximum atomic E-state index is 13.2. The van der Waals surface area contributed by atoms with Gasteiger partial charge in [0.2, 0.25) is 0 Å². The summed E-state index contributed by atoms with van der Waals surface area (Å²) in [6.45, 7) is 8.87. The first-order valence-electron chi connectivity index (χ1n) is 11.6. The Morgan fingerprint density at radius 2 is 1.77 bits per heavy atom. The highest BCUT2D eigenvalue weighted by Gasteiger charge is 2.39. The van der Waals surface area contributed by atoms with Gasteiger partial charge in [0.05, 0.1) is 12.6 Å². The van der Waals surface area contributed by atoms with Gasteiger partial charge >= 0.3 is 0 Å². The third-order valence-corrected chi connectivity index (χ3v) is 6.05. The first kappa shape index (κ1) is 27.1. The van der Waals surface area contributed by atoms with Crippen LogP contribution in [0.25, 0.3) is 11.4 Å². The normalized spacial score (nSPS) is 13.5. The van der Waals surface area contributed by atoms with Gasteiger partial charge in [-0.25, -0.2) is 9.67 Å². The SMILES string of the molecule is C[C@H](O)C(=O)N(CCCN)[C@@H](c1nc(-c2cc(Cl)cc(Cl)c2)nn1Cc1ccccc1)C(C)(C)C. The number of carbonyl (C=O) groups excluding carboxylic acids is 1. The number of nitrogens with zero attached hydrogens (tertiary/aromatic N) is 4. The number of aliphatic hydroxyl groups excluding tert-OH is 1. The fourth-order valence-corrected chi connectivity index (χ4v) is 4.62. The van der Waals surface area contributed by atoms with Crippen LogP contribution >= 0.6 is 23.2 Å². The van der Waals surface area contributed by atoms with Crippen LogP contribution in [0.15, 0.2) is 48.5 Å². The number of carbonyl (C=O) groups is 1. The Kier molecular flexibility index (Phi) is 8.94. The zero-order valence-electron chi connectivity index (χ0n) is 20.6. The van der Waals surface area contributed by atoms with Gasteiger partial charge in [0.1, 0.15) is 6.10 Å². The highest BCUT2D eigenvalue weighted by Crippen LogP contribution is 2.39. The van der Waals surface area contributed by atoms with E-state index < -0.39 is 17.6 Å². The van der Waals surface area contributed by atoms with E-state index in [0.29, 0.717) is 53.3 Å². The zero-order chi connectivity index (χ0) is 25.8. The van der Waals surface area contributed by atoms with Crippen molar-refractivity contribution in [3.8, 4) is 11.4 Å². The van der Waals surface area contributed by atoms with Gasteiger partial charge in [-0.05, 0) is 49.1 Å². The van der Waals surface area contributed by atoms with Crippen molar-refractivity contribution in [2.75, 3.05) is 13.1 Å². The Bertz CT molecular complexity index is 1120. The minimum atomic E-state index is -1.16.